The number of alkyl halides is 6. The lowest BCUT2D eigenvalue weighted by Gasteiger charge is -2.14. The molecule has 0 heterocycles. The maximum atomic E-state index is 12.5. The van der Waals surface area contributed by atoms with E-state index in [9.17, 15) is 31.1 Å². The summed E-state index contributed by atoms with van der Waals surface area (Å²) in [6.07, 6.45) is -6.73. The number of benzene rings is 2. The van der Waals surface area contributed by atoms with E-state index in [0.717, 1.165) is 29.8 Å². The van der Waals surface area contributed by atoms with Gasteiger partial charge in [-0.25, -0.2) is 0 Å². The first-order valence-electron chi connectivity index (χ1n) is 8.25. The molecule has 2 rings (SSSR count). The second-order valence-corrected chi connectivity index (χ2v) is 6.08. The van der Waals surface area contributed by atoms with Gasteiger partial charge in [-0.1, -0.05) is 35.9 Å². The van der Waals surface area contributed by atoms with Crippen molar-refractivity contribution < 1.29 is 40.6 Å². The lowest BCUT2D eigenvalue weighted by molar-refractivity contribution is -0.154. The SMILES string of the molecule is Cc1cccc(C=CC(=O)c2cc(OCC(F)(F)F)ccc2OCC(F)(F)F)c1. The van der Waals surface area contributed by atoms with Crippen molar-refractivity contribution in [3.8, 4) is 11.5 Å². The predicted octanol–water partition coefficient (Wildman–Crippen LogP) is 5.77. The largest absolute Gasteiger partial charge is 0.484 e. The molecule has 0 aromatic heterocycles. The van der Waals surface area contributed by atoms with Crippen LogP contribution in [-0.4, -0.2) is 31.3 Å². The lowest BCUT2D eigenvalue weighted by Crippen LogP contribution is -2.21. The number of hydrogen-bond donors (Lipinski definition) is 0. The summed E-state index contributed by atoms with van der Waals surface area (Å²) >= 11 is 0. The summed E-state index contributed by atoms with van der Waals surface area (Å²) in [5.74, 6) is -1.49. The summed E-state index contributed by atoms with van der Waals surface area (Å²) in [5.41, 5.74) is 1.25. The Labute approximate surface area is 162 Å². The number of allylic oxidation sites excluding steroid dienone is 1. The second-order valence-electron chi connectivity index (χ2n) is 6.08. The van der Waals surface area contributed by atoms with Crippen molar-refractivity contribution in [2.45, 2.75) is 19.3 Å². The summed E-state index contributed by atoms with van der Waals surface area (Å²) < 4.78 is 83.5. The van der Waals surface area contributed by atoms with E-state index in [1.165, 1.54) is 6.08 Å². The van der Waals surface area contributed by atoms with Gasteiger partial charge in [-0.3, -0.25) is 4.79 Å². The fourth-order valence-electron chi connectivity index (χ4n) is 2.28. The molecule has 0 aliphatic rings. The first-order valence-corrected chi connectivity index (χ1v) is 8.25. The number of rotatable bonds is 7. The minimum Gasteiger partial charge on any atom is -0.484 e. The number of ether oxygens (including phenoxy) is 2. The van der Waals surface area contributed by atoms with Gasteiger partial charge in [0.05, 0.1) is 5.56 Å². The van der Waals surface area contributed by atoms with Gasteiger partial charge in [0.1, 0.15) is 11.5 Å². The molecule has 0 bridgehead atoms. The Hall–Kier alpha value is -2.97. The van der Waals surface area contributed by atoms with Gasteiger partial charge in [0.25, 0.3) is 0 Å². The molecule has 0 saturated heterocycles. The van der Waals surface area contributed by atoms with Crippen LogP contribution in [0.1, 0.15) is 21.5 Å². The van der Waals surface area contributed by atoms with Crippen LogP contribution in [0.2, 0.25) is 0 Å². The van der Waals surface area contributed by atoms with Crippen molar-refractivity contribution in [2.24, 2.45) is 0 Å². The average molecular weight is 418 g/mol. The van der Waals surface area contributed by atoms with Crippen LogP contribution in [-0.2, 0) is 0 Å². The van der Waals surface area contributed by atoms with Gasteiger partial charge in [0.15, 0.2) is 19.0 Å². The zero-order valence-corrected chi connectivity index (χ0v) is 15.1. The van der Waals surface area contributed by atoms with Crippen molar-refractivity contribution >= 4 is 11.9 Å². The van der Waals surface area contributed by atoms with E-state index >= 15 is 0 Å². The monoisotopic (exact) mass is 418 g/mol. The zero-order valence-electron chi connectivity index (χ0n) is 15.1. The molecule has 29 heavy (non-hydrogen) atoms. The Morgan fingerprint density at radius 2 is 1.59 bits per heavy atom. The molecule has 0 saturated carbocycles. The molecule has 9 heteroatoms. The van der Waals surface area contributed by atoms with Crippen molar-refractivity contribution in [1.82, 2.24) is 0 Å². The van der Waals surface area contributed by atoms with Crippen LogP contribution in [0.4, 0.5) is 26.3 Å². The highest BCUT2D eigenvalue weighted by Crippen LogP contribution is 2.28. The van der Waals surface area contributed by atoms with E-state index in [-0.39, 0.29) is 11.3 Å². The molecule has 0 fully saturated rings. The van der Waals surface area contributed by atoms with Crippen LogP contribution >= 0.6 is 0 Å². The minimum absolute atomic E-state index is 0.325. The first-order chi connectivity index (χ1) is 13.4. The maximum absolute atomic E-state index is 12.5. The van der Waals surface area contributed by atoms with E-state index in [1.807, 2.05) is 13.0 Å². The summed E-state index contributed by atoms with van der Waals surface area (Å²) in [5, 5.41) is 0. The molecular weight excluding hydrogens is 402 g/mol. The molecule has 0 amide bonds. The number of aryl methyl sites for hydroxylation is 1. The van der Waals surface area contributed by atoms with Gasteiger partial charge in [-0.05, 0) is 36.8 Å². The predicted molar refractivity (Wildman–Crippen MR) is 94.1 cm³/mol. The molecular formula is C20H16F6O3. The van der Waals surface area contributed by atoms with E-state index in [2.05, 4.69) is 9.47 Å². The summed E-state index contributed by atoms with van der Waals surface area (Å²) in [4.78, 5) is 12.5. The Morgan fingerprint density at radius 1 is 0.931 bits per heavy atom. The van der Waals surface area contributed by atoms with Crippen molar-refractivity contribution in [3.05, 3.63) is 65.2 Å². The van der Waals surface area contributed by atoms with Gasteiger partial charge in [0, 0.05) is 0 Å². The number of hydrogen-bond acceptors (Lipinski definition) is 3. The Morgan fingerprint density at radius 3 is 2.21 bits per heavy atom. The van der Waals surface area contributed by atoms with Crippen LogP contribution in [0.5, 0.6) is 11.5 Å². The molecule has 0 unspecified atom stereocenters. The van der Waals surface area contributed by atoms with Crippen molar-refractivity contribution in [2.75, 3.05) is 13.2 Å². The zero-order chi connectivity index (χ0) is 21.7. The van der Waals surface area contributed by atoms with E-state index < -0.39 is 37.1 Å². The van der Waals surface area contributed by atoms with Crippen LogP contribution in [0.3, 0.4) is 0 Å². The first kappa shape index (κ1) is 22.3. The van der Waals surface area contributed by atoms with E-state index in [4.69, 9.17) is 0 Å². The van der Waals surface area contributed by atoms with Crippen molar-refractivity contribution in [1.29, 1.82) is 0 Å². The van der Waals surface area contributed by atoms with Gasteiger partial charge in [0.2, 0.25) is 0 Å². The minimum atomic E-state index is -4.65. The third-order valence-corrected chi connectivity index (χ3v) is 3.48. The Balaban J connectivity index is 2.28. The summed E-state index contributed by atoms with van der Waals surface area (Å²) in [6, 6.07) is 9.95. The fourth-order valence-corrected chi connectivity index (χ4v) is 2.28. The lowest BCUT2D eigenvalue weighted by atomic mass is 10.1. The van der Waals surface area contributed by atoms with Crippen LogP contribution < -0.4 is 9.47 Å². The normalized spacial score (nSPS) is 12.2. The van der Waals surface area contributed by atoms with E-state index in [0.29, 0.717) is 5.56 Å². The standard InChI is InChI=1S/C20H16F6O3/c1-13-3-2-4-14(9-13)5-7-17(27)16-10-15(28-11-19(21,22)23)6-8-18(16)29-12-20(24,25)26/h2-10H,11-12H2,1H3. The number of carbonyl (C=O) groups is 1. The van der Waals surface area contributed by atoms with Crippen LogP contribution in [0, 0.1) is 6.92 Å². The average Bonchev–Trinajstić information content (AvgIpc) is 2.62. The number of carbonyl (C=O) groups excluding carboxylic acids is 1. The molecule has 156 valence electrons. The molecule has 2 aromatic rings. The molecule has 0 spiro atoms. The highest BCUT2D eigenvalue weighted by molar-refractivity contribution is 6.08. The Bertz CT molecular complexity index is 885. The van der Waals surface area contributed by atoms with Gasteiger partial charge >= 0.3 is 12.4 Å². The van der Waals surface area contributed by atoms with Gasteiger partial charge < -0.3 is 9.47 Å². The molecule has 2 aromatic carbocycles. The molecule has 0 radical (unpaired) electrons. The fraction of sp³-hybridized carbons (Fsp3) is 0.250. The van der Waals surface area contributed by atoms with Crippen LogP contribution in [0.25, 0.3) is 6.08 Å². The molecule has 0 atom stereocenters. The highest BCUT2D eigenvalue weighted by Gasteiger charge is 2.30. The third-order valence-electron chi connectivity index (χ3n) is 3.48. The number of halogens is 6. The molecule has 0 aliphatic carbocycles. The number of ketones is 1. The van der Waals surface area contributed by atoms with Gasteiger partial charge in [-0.2, -0.15) is 26.3 Å². The van der Waals surface area contributed by atoms with Crippen molar-refractivity contribution in [3.63, 3.8) is 0 Å². The van der Waals surface area contributed by atoms with Crippen LogP contribution in [0.15, 0.2) is 48.5 Å². The quantitative estimate of drug-likeness (QED) is 0.325. The highest BCUT2D eigenvalue weighted by atomic mass is 19.4. The maximum Gasteiger partial charge on any atom is 0.422 e. The topological polar surface area (TPSA) is 35.5 Å². The summed E-state index contributed by atoms with van der Waals surface area (Å²) in [6.45, 7) is -1.43. The molecule has 3 nitrogen and oxygen atoms in total. The third kappa shape index (κ3) is 7.89. The van der Waals surface area contributed by atoms with Gasteiger partial charge in [-0.15, -0.1) is 0 Å². The van der Waals surface area contributed by atoms with E-state index in [1.54, 1.807) is 18.2 Å². The second kappa shape index (κ2) is 9.02. The summed E-state index contributed by atoms with van der Waals surface area (Å²) in [7, 11) is 0. The Kier molecular flexibility index (Phi) is 6.94. The molecule has 0 aliphatic heterocycles. The smallest absolute Gasteiger partial charge is 0.422 e. The molecule has 0 N–H and O–H groups in total.